The predicted octanol–water partition coefficient (Wildman–Crippen LogP) is 4.34. The lowest BCUT2D eigenvalue weighted by Crippen LogP contribution is -2.37. The Balaban J connectivity index is 1.49. The zero-order chi connectivity index (χ0) is 17.2. The Kier molecular flexibility index (Phi) is 4.55. The molecule has 132 valence electrons. The summed E-state index contributed by atoms with van der Waals surface area (Å²) in [6.45, 7) is 1.24. The first kappa shape index (κ1) is 16.3. The second kappa shape index (κ2) is 6.98. The first-order valence-electron chi connectivity index (χ1n) is 9.22. The number of hydrogen-bond acceptors (Lipinski definition) is 3. The summed E-state index contributed by atoms with van der Waals surface area (Å²) in [5, 5.41) is 4.16. The smallest absolute Gasteiger partial charge is 0.223 e. The molecule has 1 aliphatic carbocycles. The monoisotopic (exact) mass is 342 g/mol. The summed E-state index contributed by atoms with van der Waals surface area (Å²) in [6, 6.07) is 6.22. The molecule has 4 rings (SSSR count). The SMILES string of the molecule is O=C(CC1CCCCC1)N1CCc2noc(-c3ccc(F)cc3)c2C1. The minimum Gasteiger partial charge on any atom is -0.356 e. The molecule has 5 heteroatoms. The van der Waals surface area contributed by atoms with Crippen molar-refractivity contribution in [3.8, 4) is 11.3 Å². The van der Waals surface area contributed by atoms with Gasteiger partial charge in [-0.2, -0.15) is 0 Å². The molecule has 1 aromatic heterocycles. The third-order valence-electron chi connectivity index (χ3n) is 5.48. The van der Waals surface area contributed by atoms with Crippen LogP contribution in [0, 0.1) is 11.7 Å². The van der Waals surface area contributed by atoms with Crippen LogP contribution in [0.3, 0.4) is 0 Å². The number of fused-ring (bicyclic) bond motifs is 1. The summed E-state index contributed by atoms with van der Waals surface area (Å²) < 4.78 is 18.7. The molecule has 1 aliphatic heterocycles. The van der Waals surface area contributed by atoms with Crippen LogP contribution in [0.15, 0.2) is 28.8 Å². The van der Waals surface area contributed by atoms with Crippen molar-refractivity contribution in [1.82, 2.24) is 10.1 Å². The highest BCUT2D eigenvalue weighted by atomic mass is 19.1. The van der Waals surface area contributed by atoms with Crippen LogP contribution in [-0.4, -0.2) is 22.5 Å². The quantitative estimate of drug-likeness (QED) is 0.834. The van der Waals surface area contributed by atoms with Crippen LogP contribution in [0.4, 0.5) is 4.39 Å². The van der Waals surface area contributed by atoms with Crippen molar-refractivity contribution in [2.24, 2.45) is 5.92 Å². The number of hydrogen-bond donors (Lipinski definition) is 0. The maximum Gasteiger partial charge on any atom is 0.223 e. The molecule has 25 heavy (non-hydrogen) atoms. The Morgan fingerprint density at radius 2 is 1.96 bits per heavy atom. The normalized spacial score (nSPS) is 18.2. The van der Waals surface area contributed by atoms with Gasteiger partial charge in [0.15, 0.2) is 5.76 Å². The van der Waals surface area contributed by atoms with E-state index in [-0.39, 0.29) is 11.7 Å². The fourth-order valence-electron chi connectivity index (χ4n) is 4.02. The van der Waals surface area contributed by atoms with Crippen LogP contribution in [0.5, 0.6) is 0 Å². The molecule has 2 aromatic rings. The number of aromatic nitrogens is 1. The average molecular weight is 342 g/mol. The van der Waals surface area contributed by atoms with Crippen molar-refractivity contribution in [2.75, 3.05) is 6.54 Å². The third kappa shape index (κ3) is 3.46. The van der Waals surface area contributed by atoms with E-state index in [0.29, 0.717) is 31.2 Å². The summed E-state index contributed by atoms with van der Waals surface area (Å²) >= 11 is 0. The summed E-state index contributed by atoms with van der Waals surface area (Å²) in [5.41, 5.74) is 2.69. The Hall–Kier alpha value is -2.17. The average Bonchev–Trinajstić information content (AvgIpc) is 3.06. The molecular formula is C20H23FN2O2. The molecular weight excluding hydrogens is 319 g/mol. The highest BCUT2D eigenvalue weighted by Crippen LogP contribution is 2.32. The van der Waals surface area contributed by atoms with Gasteiger partial charge in [0.05, 0.1) is 12.2 Å². The van der Waals surface area contributed by atoms with E-state index in [2.05, 4.69) is 5.16 Å². The Labute approximate surface area is 147 Å². The first-order chi connectivity index (χ1) is 12.2. The van der Waals surface area contributed by atoms with Crippen molar-refractivity contribution < 1.29 is 13.7 Å². The van der Waals surface area contributed by atoms with Crippen LogP contribution >= 0.6 is 0 Å². The minimum atomic E-state index is -0.276. The summed E-state index contributed by atoms with van der Waals surface area (Å²) in [6.07, 6.45) is 7.55. The Bertz CT molecular complexity index is 748. The number of nitrogens with zero attached hydrogens (tertiary/aromatic N) is 2. The number of carbonyl (C=O) groups excluding carboxylic acids is 1. The van der Waals surface area contributed by atoms with Crippen molar-refractivity contribution >= 4 is 5.91 Å². The van der Waals surface area contributed by atoms with Crippen molar-refractivity contribution in [3.63, 3.8) is 0 Å². The maximum atomic E-state index is 13.2. The van der Waals surface area contributed by atoms with E-state index >= 15 is 0 Å². The Morgan fingerprint density at radius 3 is 2.72 bits per heavy atom. The van der Waals surface area contributed by atoms with E-state index in [0.717, 1.165) is 23.2 Å². The molecule has 1 aromatic carbocycles. The zero-order valence-electron chi connectivity index (χ0n) is 14.3. The molecule has 0 spiro atoms. The van der Waals surface area contributed by atoms with Gasteiger partial charge < -0.3 is 9.42 Å². The molecule has 0 atom stereocenters. The summed E-state index contributed by atoms with van der Waals surface area (Å²) in [5.74, 6) is 1.16. The molecule has 1 amide bonds. The van der Waals surface area contributed by atoms with E-state index < -0.39 is 0 Å². The fraction of sp³-hybridized carbons (Fsp3) is 0.500. The van der Waals surface area contributed by atoms with Gasteiger partial charge in [0.1, 0.15) is 5.82 Å². The molecule has 0 bridgehead atoms. The van der Waals surface area contributed by atoms with Gasteiger partial charge in [-0.25, -0.2) is 4.39 Å². The Morgan fingerprint density at radius 1 is 1.20 bits per heavy atom. The number of rotatable bonds is 3. The van der Waals surface area contributed by atoms with Crippen LogP contribution in [0.1, 0.15) is 49.8 Å². The molecule has 0 saturated heterocycles. The molecule has 2 aliphatic rings. The topological polar surface area (TPSA) is 46.3 Å². The highest BCUT2D eigenvalue weighted by Gasteiger charge is 2.28. The second-order valence-electron chi connectivity index (χ2n) is 7.22. The van der Waals surface area contributed by atoms with Gasteiger partial charge in [-0.05, 0) is 43.0 Å². The molecule has 4 nitrogen and oxygen atoms in total. The lowest BCUT2D eigenvalue weighted by molar-refractivity contribution is -0.133. The van der Waals surface area contributed by atoms with Gasteiger partial charge in [0, 0.05) is 30.5 Å². The molecule has 0 N–H and O–H groups in total. The molecule has 1 saturated carbocycles. The molecule has 1 fully saturated rings. The molecule has 2 heterocycles. The van der Waals surface area contributed by atoms with Crippen LogP contribution in [-0.2, 0) is 17.8 Å². The molecule has 0 radical (unpaired) electrons. The minimum absolute atomic E-state index is 0.240. The fourth-order valence-corrected chi connectivity index (χ4v) is 4.02. The van der Waals surface area contributed by atoms with Gasteiger partial charge in [-0.3, -0.25) is 4.79 Å². The second-order valence-corrected chi connectivity index (χ2v) is 7.22. The standard InChI is InChI=1S/C20H23FN2O2/c21-16-8-6-15(7-9-16)20-17-13-23(11-10-18(17)22-25-20)19(24)12-14-4-2-1-3-5-14/h6-9,14H,1-5,10-13H2. The van der Waals surface area contributed by atoms with Crippen LogP contribution < -0.4 is 0 Å². The van der Waals surface area contributed by atoms with Gasteiger partial charge in [0.25, 0.3) is 0 Å². The van der Waals surface area contributed by atoms with Crippen molar-refractivity contribution in [2.45, 2.75) is 51.5 Å². The van der Waals surface area contributed by atoms with E-state index in [1.165, 1.54) is 44.2 Å². The van der Waals surface area contributed by atoms with E-state index in [4.69, 9.17) is 4.52 Å². The van der Waals surface area contributed by atoms with Crippen molar-refractivity contribution in [1.29, 1.82) is 0 Å². The predicted molar refractivity (Wildman–Crippen MR) is 92.2 cm³/mol. The van der Waals surface area contributed by atoms with Crippen LogP contribution in [0.2, 0.25) is 0 Å². The van der Waals surface area contributed by atoms with Crippen LogP contribution in [0.25, 0.3) is 11.3 Å². The maximum absolute atomic E-state index is 13.2. The van der Waals surface area contributed by atoms with Gasteiger partial charge >= 0.3 is 0 Å². The number of halogens is 1. The van der Waals surface area contributed by atoms with Gasteiger partial charge in [-0.15, -0.1) is 0 Å². The number of amides is 1. The summed E-state index contributed by atoms with van der Waals surface area (Å²) in [4.78, 5) is 14.6. The van der Waals surface area contributed by atoms with Gasteiger partial charge in [-0.1, -0.05) is 24.4 Å². The van der Waals surface area contributed by atoms with Crippen molar-refractivity contribution in [3.05, 3.63) is 41.3 Å². The van der Waals surface area contributed by atoms with E-state index in [1.807, 2.05) is 4.90 Å². The highest BCUT2D eigenvalue weighted by molar-refractivity contribution is 5.77. The molecule has 0 unspecified atom stereocenters. The van der Waals surface area contributed by atoms with E-state index in [1.54, 1.807) is 12.1 Å². The zero-order valence-corrected chi connectivity index (χ0v) is 14.3. The first-order valence-corrected chi connectivity index (χ1v) is 9.22. The number of carbonyl (C=O) groups is 1. The summed E-state index contributed by atoms with van der Waals surface area (Å²) in [7, 11) is 0. The lowest BCUT2D eigenvalue weighted by Gasteiger charge is -2.29. The lowest BCUT2D eigenvalue weighted by atomic mass is 9.86. The largest absolute Gasteiger partial charge is 0.356 e. The number of benzene rings is 1. The van der Waals surface area contributed by atoms with Gasteiger partial charge in [0.2, 0.25) is 5.91 Å². The van der Waals surface area contributed by atoms with E-state index in [9.17, 15) is 9.18 Å². The third-order valence-corrected chi connectivity index (χ3v) is 5.48.